The molecule has 37 heavy (non-hydrogen) atoms. The second-order valence-electron chi connectivity index (χ2n) is 7.87. The Bertz CT molecular complexity index is 1130. The van der Waals surface area contributed by atoms with Gasteiger partial charge >= 0.3 is 0 Å². The molecule has 0 aromatic carbocycles. The van der Waals surface area contributed by atoms with Crippen molar-refractivity contribution >= 4 is 35.4 Å². The van der Waals surface area contributed by atoms with E-state index in [1.165, 1.54) is 31.0 Å². The number of hydrogen-bond donors (Lipinski definition) is 3. The summed E-state index contributed by atoms with van der Waals surface area (Å²) in [6, 6.07) is 1.65. The third-order valence-corrected chi connectivity index (χ3v) is 4.99. The van der Waals surface area contributed by atoms with Gasteiger partial charge in [-0.3, -0.25) is 29.4 Å². The van der Waals surface area contributed by atoms with Gasteiger partial charge in [0.2, 0.25) is 5.91 Å². The normalized spacial score (nSPS) is 11.3. The summed E-state index contributed by atoms with van der Waals surface area (Å²) >= 11 is 0. The number of nitrogens with zero attached hydrogens (tertiary/aromatic N) is 5. The zero-order chi connectivity index (χ0) is 27.8. The minimum absolute atomic E-state index is 0.138. The molecule has 0 bridgehead atoms. The molecule has 0 aliphatic heterocycles. The van der Waals surface area contributed by atoms with Crippen molar-refractivity contribution in [1.82, 2.24) is 30.0 Å². The van der Waals surface area contributed by atoms with Gasteiger partial charge in [0.25, 0.3) is 11.8 Å². The Balaban J connectivity index is 0.00000334. The van der Waals surface area contributed by atoms with Crippen LogP contribution in [0.15, 0.2) is 42.6 Å². The Labute approximate surface area is 218 Å². The number of hydrogen-bond acceptors (Lipinski definition) is 8. The number of imide groups is 1. The minimum Gasteiger partial charge on any atom is -0.370 e. The number of anilines is 2. The Morgan fingerprint density at radius 2 is 1.81 bits per heavy atom. The van der Waals surface area contributed by atoms with Gasteiger partial charge < -0.3 is 10.6 Å². The van der Waals surface area contributed by atoms with Crippen molar-refractivity contribution in [2.24, 2.45) is 13.0 Å². The standard InChI is InChI=1S/C24H32N8O3.C2H6/c1-6-8-27-21-12-20(30-24(35)19-15-25-9-10-26-19)28-13-18(14-29-32(21)5)11-17(4)23(34)31-22(33)16(3)7-2;1-2/h9-16,27H,6-8H2,1-5H3,(H,28,30,35)(H,31,33,34);1-2H3/b17-11+,18-13?,21-12?,29-14?;. The van der Waals surface area contributed by atoms with Gasteiger partial charge in [0.05, 0.1) is 12.4 Å². The highest BCUT2D eigenvalue weighted by atomic mass is 16.2. The molecule has 11 heteroatoms. The lowest BCUT2D eigenvalue weighted by Crippen LogP contribution is -2.34. The molecule has 2 rings (SSSR count). The number of carbonyl (C=O) groups excluding carboxylic acids is 3. The van der Waals surface area contributed by atoms with E-state index in [1.54, 1.807) is 37.7 Å². The maximum Gasteiger partial charge on any atom is 0.277 e. The van der Waals surface area contributed by atoms with Crippen molar-refractivity contribution in [1.29, 1.82) is 0 Å². The lowest BCUT2D eigenvalue weighted by Gasteiger charge is -2.08. The van der Waals surface area contributed by atoms with Crippen LogP contribution in [0.5, 0.6) is 0 Å². The fraction of sp³-hybridized carbons (Fsp3) is 0.423. The highest BCUT2D eigenvalue weighted by Gasteiger charge is 2.15. The van der Waals surface area contributed by atoms with Crippen molar-refractivity contribution in [2.75, 3.05) is 17.2 Å². The van der Waals surface area contributed by atoms with E-state index in [-0.39, 0.29) is 23.3 Å². The van der Waals surface area contributed by atoms with Crippen LogP contribution in [-0.4, -0.2) is 49.0 Å². The third kappa shape index (κ3) is 10.6. The summed E-state index contributed by atoms with van der Waals surface area (Å²) in [5, 5.41) is 12.8. The average Bonchev–Trinajstić information content (AvgIpc) is 2.98. The van der Waals surface area contributed by atoms with Gasteiger partial charge in [-0.25, -0.2) is 9.97 Å². The smallest absolute Gasteiger partial charge is 0.277 e. The van der Waals surface area contributed by atoms with Gasteiger partial charge in [-0.2, -0.15) is 5.10 Å². The molecule has 11 nitrogen and oxygen atoms in total. The largest absolute Gasteiger partial charge is 0.370 e. The van der Waals surface area contributed by atoms with Gasteiger partial charge in [-0.05, 0) is 25.8 Å². The average molecular weight is 511 g/mol. The van der Waals surface area contributed by atoms with Crippen LogP contribution in [-0.2, 0) is 16.6 Å². The summed E-state index contributed by atoms with van der Waals surface area (Å²) in [6.45, 7) is 11.9. The van der Waals surface area contributed by atoms with Crippen LogP contribution in [0.1, 0.15) is 70.4 Å². The highest BCUT2D eigenvalue weighted by molar-refractivity contribution is 6.06. The van der Waals surface area contributed by atoms with Crippen LogP contribution in [0.25, 0.3) is 6.08 Å². The topological polar surface area (TPSA) is 144 Å². The first-order chi connectivity index (χ1) is 17.7. The van der Waals surface area contributed by atoms with Crippen molar-refractivity contribution in [3.8, 4) is 0 Å². The van der Waals surface area contributed by atoms with Crippen LogP contribution in [0.3, 0.4) is 0 Å². The van der Waals surface area contributed by atoms with Gasteiger partial charge in [-0.15, -0.1) is 0 Å². The van der Waals surface area contributed by atoms with Gasteiger partial charge in [-0.1, -0.05) is 34.6 Å². The SMILES string of the molecule is CC.CCCNc1cc(NC(=O)c2cnccn2)ncc(/C=C(\C)C(=O)NC(=O)C(C)CC)cnn1C. The van der Waals surface area contributed by atoms with E-state index in [1.807, 2.05) is 27.7 Å². The van der Waals surface area contributed by atoms with Crippen LogP contribution < -0.4 is 16.0 Å². The molecule has 2 aromatic rings. The second kappa shape index (κ2) is 16.5. The molecule has 0 aliphatic carbocycles. The number of aryl methyl sites for hydroxylation is 1. The van der Waals surface area contributed by atoms with Crippen LogP contribution in [0.4, 0.5) is 11.6 Å². The first-order valence-electron chi connectivity index (χ1n) is 12.4. The molecule has 3 amide bonds. The summed E-state index contributed by atoms with van der Waals surface area (Å²) in [4.78, 5) is 49.5. The first kappa shape index (κ1) is 30.9. The molecule has 3 N–H and O–H groups in total. The molecular formula is C26H38N8O3. The van der Waals surface area contributed by atoms with Gasteiger partial charge in [0, 0.05) is 55.3 Å². The number of rotatable bonds is 9. The zero-order valence-corrected chi connectivity index (χ0v) is 22.7. The molecule has 1 unspecified atom stereocenters. The van der Waals surface area contributed by atoms with Gasteiger partial charge in [0.15, 0.2) is 0 Å². The predicted molar refractivity (Wildman–Crippen MR) is 145 cm³/mol. The fourth-order valence-corrected chi connectivity index (χ4v) is 2.65. The van der Waals surface area contributed by atoms with E-state index in [4.69, 9.17) is 0 Å². The molecular weight excluding hydrogens is 472 g/mol. The van der Waals surface area contributed by atoms with Crippen molar-refractivity contribution in [3.63, 3.8) is 0 Å². The quantitative estimate of drug-likeness (QED) is 0.431. The van der Waals surface area contributed by atoms with Crippen molar-refractivity contribution < 1.29 is 14.4 Å². The summed E-state index contributed by atoms with van der Waals surface area (Å²) in [5.41, 5.74) is 0.925. The van der Waals surface area contributed by atoms with Crippen molar-refractivity contribution in [2.45, 2.75) is 54.4 Å². The van der Waals surface area contributed by atoms with E-state index >= 15 is 0 Å². The van der Waals surface area contributed by atoms with Crippen LogP contribution in [0.2, 0.25) is 0 Å². The lowest BCUT2D eigenvalue weighted by atomic mass is 10.1. The zero-order valence-electron chi connectivity index (χ0n) is 22.7. The Morgan fingerprint density at radius 3 is 2.43 bits per heavy atom. The van der Waals surface area contributed by atoms with Crippen molar-refractivity contribution in [3.05, 3.63) is 53.9 Å². The van der Waals surface area contributed by atoms with E-state index in [0.29, 0.717) is 29.9 Å². The Hall–Kier alpha value is -4.15. The summed E-state index contributed by atoms with van der Waals surface area (Å²) in [5.74, 6) is -0.733. The molecule has 0 spiro atoms. The maximum atomic E-state index is 12.6. The van der Waals surface area contributed by atoms with E-state index in [0.717, 1.165) is 6.42 Å². The molecule has 0 saturated heterocycles. The van der Waals surface area contributed by atoms with E-state index in [9.17, 15) is 14.4 Å². The minimum atomic E-state index is -0.499. The molecule has 2 aromatic heterocycles. The third-order valence-electron chi connectivity index (χ3n) is 4.99. The Morgan fingerprint density at radius 1 is 1.08 bits per heavy atom. The molecule has 200 valence electrons. The number of aromatic nitrogens is 5. The van der Waals surface area contributed by atoms with E-state index in [2.05, 4.69) is 36.0 Å². The van der Waals surface area contributed by atoms with Crippen LogP contribution >= 0.6 is 0 Å². The molecule has 0 radical (unpaired) electrons. The first-order valence-corrected chi connectivity index (χ1v) is 12.4. The monoisotopic (exact) mass is 510 g/mol. The second-order valence-corrected chi connectivity index (χ2v) is 7.87. The molecule has 0 fully saturated rings. The van der Waals surface area contributed by atoms with Gasteiger partial charge in [0.1, 0.15) is 17.3 Å². The summed E-state index contributed by atoms with van der Waals surface area (Å²) in [7, 11) is 1.74. The lowest BCUT2D eigenvalue weighted by molar-refractivity contribution is -0.130. The number of amides is 3. The molecule has 1 atom stereocenters. The summed E-state index contributed by atoms with van der Waals surface area (Å²) < 4.78 is 1.59. The number of nitrogens with one attached hydrogen (secondary N) is 3. The fourth-order valence-electron chi connectivity index (χ4n) is 2.65. The Kier molecular flexibility index (Phi) is 13.8. The van der Waals surface area contributed by atoms with E-state index < -0.39 is 11.8 Å². The molecule has 0 saturated carbocycles. The predicted octanol–water partition coefficient (Wildman–Crippen LogP) is 3.92. The van der Waals surface area contributed by atoms with Crippen LogP contribution in [0, 0.1) is 5.92 Å². The maximum absolute atomic E-state index is 12.6. The molecule has 0 aliphatic rings. The highest BCUT2D eigenvalue weighted by Crippen LogP contribution is 2.12. The molecule has 2 heterocycles. The summed E-state index contributed by atoms with van der Waals surface area (Å²) in [6.07, 6.45) is 10.3. The number of carbonyl (C=O) groups is 3.